The number of benzene rings is 1. The van der Waals surface area contributed by atoms with Crippen LogP contribution < -0.4 is 5.32 Å². The Morgan fingerprint density at radius 1 is 1.05 bits per heavy atom. The highest BCUT2D eigenvalue weighted by molar-refractivity contribution is 5.35. The first-order chi connectivity index (χ1) is 8.88. The SMILES string of the molecule is FC(F)c1cc(C2CCNCC2)cc(C(F)(F)F)c1. The lowest BCUT2D eigenvalue weighted by Crippen LogP contribution is -2.26. The molecule has 0 amide bonds. The number of rotatable bonds is 2. The van der Waals surface area contributed by atoms with Crippen molar-refractivity contribution in [1.29, 1.82) is 0 Å². The van der Waals surface area contributed by atoms with Crippen LogP contribution in [-0.4, -0.2) is 13.1 Å². The van der Waals surface area contributed by atoms with Crippen LogP contribution in [0.3, 0.4) is 0 Å². The lowest BCUT2D eigenvalue weighted by atomic mass is 9.88. The first-order valence-electron chi connectivity index (χ1n) is 6.09. The van der Waals surface area contributed by atoms with E-state index in [0.717, 1.165) is 6.07 Å². The quantitative estimate of drug-likeness (QED) is 0.803. The Kier molecular flexibility index (Phi) is 4.08. The maximum absolute atomic E-state index is 12.7. The van der Waals surface area contributed by atoms with Gasteiger partial charge in [0.05, 0.1) is 5.56 Å². The minimum Gasteiger partial charge on any atom is -0.317 e. The zero-order chi connectivity index (χ0) is 14.0. The molecular weight excluding hydrogens is 265 g/mol. The molecule has 0 aliphatic carbocycles. The maximum Gasteiger partial charge on any atom is 0.416 e. The van der Waals surface area contributed by atoms with Gasteiger partial charge in [-0.15, -0.1) is 0 Å². The summed E-state index contributed by atoms with van der Waals surface area (Å²) in [5, 5.41) is 3.10. The molecule has 0 saturated carbocycles. The highest BCUT2D eigenvalue weighted by Crippen LogP contribution is 2.36. The van der Waals surface area contributed by atoms with Gasteiger partial charge in [0, 0.05) is 5.56 Å². The Morgan fingerprint density at radius 3 is 2.21 bits per heavy atom. The van der Waals surface area contributed by atoms with E-state index in [1.54, 1.807) is 0 Å². The van der Waals surface area contributed by atoms with Gasteiger partial charge in [-0.05, 0) is 55.6 Å². The van der Waals surface area contributed by atoms with Crippen molar-refractivity contribution < 1.29 is 22.0 Å². The van der Waals surface area contributed by atoms with Crippen molar-refractivity contribution in [1.82, 2.24) is 5.32 Å². The van der Waals surface area contributed by atoms with Crippen LogP contribution in [0, 0.1) is 0 Å². The van der Waals surface area contributed by atoms with Gasteiger partial charge < -0.3 is 5.32 Å². The van der Waals surface area contributed by atoms with E-state index >= 15 is 0 Å². The molecule has 1 aromatic rings. The van der Waals surface area contributed by atoms with Crippen LogP contribution in [0.4, 0.5) is 22.0 Å². The van der Waals surface area contributed by atoms with Crippen LogP contribution in [0.1, 0.15) is 41.9 Å². The first kappa shape index (κ1) is 14.2. The predicted octanol–water partition coefficient (Wildman–Crippen LogP) is 4.11. The zero-order valence-electron chi connectivity index (χ0n) is 10.1. The van der Waals surface area contributed by atoms with Crippen LogP contribution in [0.5, 0.6) is 0 Å². The van der Waals surface area contributed by atoms with Crippen LogP contribution in [-0.2, 0) is 6.18 Å². The van der Waals surface area contributed by atoms with E-state index in [1.807, 2.05) is 0 Å². The Bertz CT molecular complexity index is 435. The number of piperidine rings is 1. The molecule has 1 saturated heterocycles. The Balaban J connectivity index is 2.39. The average Bonchev–Trinajstić information content (AvgIpc) is 2.38. The molecule has 1 nitrogen and oxygen atoms in total. The average molecular weight is 279 g/mol. The van der Waals surface area contributed by atoms with Gasteiger partial charge in [0.1, 0.15) is 0 Å². The third-order valence-corrected chi connectivity index (χ3v) is 3.37. The van der Waals surface area contributed by atoms with Crippen molar-refractivity contribution in [3.63, 3.8) is 0 Å². The van der Waals surface area contributed by atoms with Crippen LogP contribution in [0.15, 0.2) is 18.2 Å². The fourth-order valence-electron chi connectivity index (χ4n) is 2.36. The standard InChI is InChI=1S/C13H14F5N/c14-12(15)10-5-9(8-1-3-19-4-2-8)6-11(7-10)13(16,17)18/h5-8,12,19H,1-4H2. The molecule has 0 bridgehead atoms. The molecule has 0 atom stereocenters. The van der Waals surface area contributed by atoms with Gasteiger partial charge >= 0.3 is 6.18 Å². The minimum absolute atomic E-state index is 0.0824. The normalized spacial score (nSPS) is 18.0. The molecule has 0 spiro atoms. The summed E-state index contributed by atoms with van der Waals surface area (Å²) in [5.41, 5.74) is -1.17. The van der Waals surface area contributed by atoms with Crippen molar-refractivity contribution in [3.05, 3.63) is 34.9 Å². The highest BCUT2D eigenvalue weighted by Gasteiger charge is 2.32. The Labute approximate surface area is 107 Å². The minimum atomic E-state index is -4.59. The molecule has 19 heavy (non-hydrogen) atoms. The fraction of sp³-hybridized carbons (Fsp3) is 0.538. The Hall–Kier alpha value is -1.17. The summed E-state index contributed by atoms with van der Waals surface area (Å²) >= 11 is 0. The van der Waals surface area contributed by atoms with Gasteiger partial charge in [-0.1, -0.05) is 0 Å². The summed E-state index contributed by atoms with van der Waals surface area (Å²) in [5.74, 6) is -0.0824. The topological polar surface area (TPSA) is 12.0 Å². The second-order valence-electron chi connectivity index (χ2n) is 4.71. The molecular formula is C13H14F5N. The first-order valence-corrected chi connectivity index (χ1v) is 6.09. The van der Waals surface area contributed by atoms with Gasteiger partial charge in [-0.3, -0.25) is 0 Å². The van der Waals surface area contributed by atoms with E-state index in [-0.39, 0.29) is 5.92 Å². The summed E-state index contributed by atoms with van der Waals surface area (Å²) in [6, 6.07) is 2.74. The van der Waals surface area contributed by atoms with Crippen molar-refractivity contribution in [2.24, 2.45) is 0 Å². The van der Waals surface area contributed by atoms with Crippen LogP contribution >= 0.6 is 0 Å². The van der Waals surface area contributed by atoms with Crippen molar-refractivity contribution in [2.45, 2.75) is 31.4 Å². The molecule has 1 aromatic carbocycles. The van der Waals surface area contributed by atoms with Crippen LogP contribution in [0.2, 0.25) is 0 Å². The van der Waals surface area contributed by atoms with Crippen molar-refractivity contribution >= 4 is 0 Å². The molecule has 1 fully saturated rings. The van der Waals surface area contributed by atoms with Gasteiger partial charge in [0.25, 0.3) is 6.43 Å². The molecule has 0 aromatic heterocycles. The van der Waals surface area contributed by atoms with Crippen molar-refractivity contribution in [2.75, 3.05) is 13.1 Å². The summed E-state index contributed by atoms with van der Waals surface area (Å²) < 4.78 is 63.6. The smallest absolute Gasteiger partial charge is 0.317 e. The number of hydrogen-bond donors (Lipinski definition) is 1. The summed E-state index contributed by atoms with van der Waals surface area (Å²) in [6.07, 6.45) is -6.14. The summed E-state index contributed by atoms with van der Waals surface area (Å²) in [7, 11) is 0. The monoisotopic (exact) mass is 279 g/mol. The molecule has 106 valence electrons. The van der Waals surface area contributed by atoms with Crippen LogP contribution in [0.25, 0.3) is 0 Å². The van der Waals surface area contributed by atoms with E-state index in [1.165, 1.54) is 6.07 Å². The van der Waals surface area contributed by atoms with Gasteiger partial charge in [0.2, 0.25) is 0 Å². The molecule has 1 aliphatic rings. The van der Waals surface area contributed by atoms with E-state index in [4.69, 9.17) is 0 Å². The molecule has 0 unspecified atom stereocenters. The maximum atomic E-state index is 12.7. The van der Waals surface area contributed by atoms with Gasteiger partial charge in [0.15, 0.2) is 0 Å². The molecule has 0 radical (unpaired) electrons. The lowest BCUT2D eigenvalue weighted by Gasteiger charge is -2.24. The van der Waals surface area contributed by atoms with E-state index in [9.17, 15) is 22.0 Å². The van der Waals surface area contributed by atoms with E-state index in [2.05, 4.69) is 5.32 Å². The second-order valence-corrected chi connectivity index (χ2v) is 4.71. The number of hydrogen-bond acceptors (Lipinski definition) is 1. The highest BCUT2D eigenvalue weighted by atomic mass is 19.4. The largest absolute Gasteiger partial charge is 0.416 e. The summed E-state index contributed by atoms with van der Waals surface area (Å²) in [4.78, 5) is 0. The van der Waals surface area contributed by atoms with Gasteiger partial charge in [-0.2, -0.15) is 13.2 Å². The molecule has 1 N–H and O–H groups in total. The fourth-order valence-corrected chi connectivity index (χ4v) is 2.36. The second kappa shape index (κ2) is 5.45. The van der Waals surface area contributed by atoms with Crippen molar-refractivity contribution in [3.8, 4) is 0 Å². The van der Waals surface area contributed by atoms with E-state index < -0.39 is 23.7 Å². The molecule has 6 heteroatoms. The molecule has 2 rings (SSSR count). The van der Waals surface area contributed by atoms with Gasteiger partial charge in [-0.25, -0.2) is 8.78 Å². The third-order valence-electron chi connectivity index (χ3n) is 3.37. The zero-order valence-corrected chi connectivity index (χ0v) is 10.1. The number of halogens is 5. The third kappa shape index (κ3) is 3.43. The molecule has 1 aliphatic heterocycles. The lowest BCUT2D eigenvalue weighted by molar-refractivity contribution is -0.137. The Morgan fingerprint density at radius 2 is 1.68 bits per heavy atom. The van der Waals surface area contributed by atoms with E-state index in [0.29, 0.717) is 37.6 Å². The number of nitrogens with one attached hydrogen (secondary N) is 1. The predicted molar refractivity (Wildman–Crippen MR) is 61.2 cm³/mol. The summed E-state index contributed by atoms with van der Waals surface area (Å²) in [6.45, 7) is 1.40. The number of alkyl halides is 5. The molecule has 1 heterocycles.